The van der Waals surface area contributed by atoms with Crippen molar-refractivity contribution in [3.05, 3.63) is 36.0 Å². The number of aliphatic hydroxyl groups excluding tert-OH is 1. The van der Waals surface area contributed by atoms with Gasteiger partial charge in [-0.15, -0.1) is 0 Å². The number of carboxylic acids is 1. The van der Waals surface area contributed by atoms with Crippen molar-refractivity contribution in [2.24, 2.45) is 11.7 Å². The van der Waals surface area contributed by atoms with Crippen LogP contribution in [-0.4, -0.2) is 75.4 Å². The van der Waals surface area contributed by atoms with E-state index in [0.717, 1.165) is 16.5 Å². The molecule has 1 aromatic carbocycles. The largest absolute Gasteiger partial charge is 0.480 e. The Morgan fingerprint density at radius 2 is 1.68 bits per heavy atom. The van der Waals surface area contributed by atoms with Gasteiger partial charge in [0.2, 0.25) is 17.7 Å². The number of thiol groups is 1. The topological polar surface area (TPSA) is 187 Å². The summed E-state index contributed by atoms with van der Waals surface area (Å²) in [5.41, 5.74) is 7.20. The Bertz CT molecular complexity index is 1030. The molecule has 0 aliphatic carbocycles. The van der Waals surface area contributed by atoms with Gasteiger partial charge in [-0.1, -0.05) is 32.0 Å². The second-order valence-electron chi connectivity index (χ2n) is 8.23. The molecule has 2 aromatic rings. The monoisotopic (exact) mass is 493 g/mol. The number of rotatable bonds is 12. The number of nitrogens with one attached hydrogen (secondary N) is 4. The van der Waals surface area contributed by atoms with Crippen molar-refractivity contribution < 1.29 is 29.4 Å². The summed E-state index contributed by atoms with van der Waals surface area (Å²) in [5.74, 6) is -3.83. The summed E-state index contributed by atoms with van der Waals surface area (Å²) in [4.78, 5) is 52.6. The summed E-state index contributed by atoms with van der Waals surface area (Å²) < 4.78 is 0. The standard InChI is InChI=1S/C22H31N5O6S/c1-11(2)18(21(31)26-17(10-34)22(32)33)27-20(30)16(25-19(29)14(23)9-28)7-12-8-24-15-6-4-3-5-13(12)15/h3-6,8,11,14,16-18,24,28,34H,7,9-10,23H2,1-2H3,(H,25,29)(H,26,31)(H,27,30)(H,32,33). The second-order valence-corrected chi connectivity index (χ2v) is 8.59. The van der Waals surface area contributed by atoms with E-state index in [9.17, 15) is 29.4 Å². The minimum Gasteiger partial charge on any atom is -0.480 e. The highest BCUT2D eigenvalue weighted by Gasteiger charge is 2.32. The molecule has 8 N–H and O–H groups in total. The summed E-state index contributed by atoms with van der Waals surface area (Å²) in [7, 11) is 0. The highest BCUT2D eigenvalue weighted by molar-refractivity contribution is 7.80. The van der Waals surface area contributed by atoms with Crippen molar-refractivity contribution in [2.45, 2.75) is 44.4 Å². The van der Waals surface area contributed by atoms with Crippen LogP contribution in [0.25, 0.3) is 10.9 Å². The summed E-state index contributed by atoms with van der Waals surface area (Å²) in [6.45, 7) is 2.77. The van der Waals surface area contributed by atoms with Crippen molar-refractivity contribution in [3.63, 3.8) is 0 Å². The van der Waals surface area contributed by atoms with Crippen LogP contribution in [0.15, 0.2) is 30.5 Å². The lowest BCUT2D eigenvalue weighted by Gasteiger charge is -2.26. The molecule has 0 spiro atoms. The molecule has 0 saturated heterocycles. The van der Waals surface area contributed by atoms with Gasteiger partial charge in [0, 0.05) is 29.3 Å². The van der Waals surface area contributed by atoms with Gasteiger partial charge in [0.25, 0.3) is 0 Å². The highest BCUT2D eigenvalue weighted by Crippen LogP contribution is 2.19. The predicted octanol–water partition coefficient (Wildman–Crippen LogP) is -0.845. The minimum absolute atomic E-state index is 0.0839. The molecule has 0 aliphatic heterocycles. The minimum atomic E-state index is -1.25. The molecule has 0 radical (unpaired) electrons. The number of fused-ring (bicyclic) bond motifs is 1. The van der Waals surface area contributed by atoms with E-state index in [1.54, 1.807) is 20.0 Å². The summed E-state index contributed by atoms with van der Waals surface area (Å²) in [5, 5.41) is 26.7. The van der Waals surface area contributed by atoms with E-state index in [2.05, 4.69) is 33.6 Å². The van der Waals surface area contributed by atoms with E-state index < -0.39 is 54.5 Å². The fourth-order valence-electron chi connectivity index (χ4n) is 3.33. The number of para-hydroxylation sites is 1. The van der Waals surface area contributed by atoms with Crippen LogP contribution in [0.3, 0.4) is 0 Å². The normalized spacial score (nSPS) is 14.8. The Morgan fingerprint density at radius 1 is 1.03 bits per heavy atom. The fraction of sp³-hybridized carbons (Fsp3) is 0.455. The van der Waals surface area contributed by atoms with Gasteiger partial charge in [0.05, 0.1) is 6.61 Å². The van der Waals surface area contributed by atoms with Crippen molar-refractivity contribution in [3.8, 4) is 0 Å². The third-order valence-electron chi connectivity index (χ3n) is 5.31. The average Bonchev–Trinajstić information content (AvgIpc) is 3.21. The molecule has 2 rings (SSSR count). The number of aromatic nitrogens is 1. The molecule has 0 bridgehead atoms. The molecule has 1 heterocycles. The van der Waals surface area contributed by atoms with Crippen molar-refractivity contribution in [1.29, 1.82) is 0 Å². The van der Waals surface area contributed by atoms with Gasteiger partial charge in [-0.05, 0) is 17.5 Å². The third kappa shape index (κ3) is 6.95. The van der Waals surface area contributed by atoms with Crippen LogP contribution in [-0.2, 0) is 25.6 Å². The number of benzene rings is 1. The molecular weight excluding hydrogens is 462 g/mol. The molecule has 0 saturated carbocycles. The van der Waals surface area contributed by atoms with E-state index in [1.807, 2.05) is 24.3 Å². The van der Waals surface area contributed by atoms with Crippen LogP contribution >= 0.6 is 12.6 Å². The van der Waals surface area contributed by atoms with Gasteiger partial charge >= 0.3 is 5.97 Å². The van der Waals surface area contributed by atoms with Crippen LogP contribution in [0.2, 0.25) is 0 Å². The van der Waals surface area contributed by atoms with Crippen molar-refractivity contribution >= 4 is 47.2 Å². The number of aliphatic hydroxyl groups is 1. The Balaban J connectivity index is 2.26. The number of H-pyrrole nitrogens is 1. The number of carboxylic acid groups (broad SMARTS) is 1. The Kier molecular flexibility index (Phi) is 9.90. The predicted molar refractivity (Wildman–Crippen MR) is 129 cm³/mol. The number of hydrogen-bond acceptors (Lipinski definition) is 7. The lowest BCUT2D eigenvalue weighted by molar-refractivity contribution is -0.142. The maximum absolute atomic E-state index is 13.2. The third-order valence-corrected chi connectivity index (χ3v) is 5.67. The molecule has 0 aliphatic rings. The first kappa shape index (κ1) is 27.2. The highest BCUT2D eigenvalue weighted by atomic mass is 32.1. The Labute approximate surface area is 202 Å². The van der Waals surface area contributed by atoms with Gasteiger partial charge in [0.15, 0.2) is 0 Å². The molecule has 186 valence electrons. The van der Waals surface area contributed by atoms with Crippen molar-refractivity contribution in [2.75, 3.05) is 12.4 Å². The maximum Gasteiger partial charge on any atom is 0.327 e. The zero-order valence-corrected chi connectivity index (χ0v) is 19.8. The van der Waals surface area contributed by atoms with E-state index in [0.29, 0.717) is 0 Å². The number of carbonyl (C=O) groups excluding carboxylic acids is 3. The average molecular weight is 494 g/mol. The number of aromatic amines is 1. The van der Waals surface area contributed by atoms with E-state index >= 15 is 0 Å². The van der Waals surface area contributed by atoms with Crippen LogP contribution in [0.1, 0.15) is 19.4 Å². The molecule has 4 atom stereocenters. The molecule has 1 aromatic heterocycles. The number of carbonyl (C=O) groups is 4. The summed E-state index contributed by atoms with van der Waals surface area (Å²) >= 11 is 3.93. The van der Waals surface area contributed by atoms with Gasteiger partial charge in [-0.3, -0.25) is 14.4 Å². The van der Waals surface area contributed by atoms with Gasteiger partial charge in [-0.2, -0.15) is 12.6 Å². The van der Waals surface area contributed by atoms with Gasteiger partial charge in [-0.25, -0.2) is 4.79 Å². The zero-order chi connectivity index (χ0) is 25.4. The van der Waals surface area contributed by atoms with E-state index in [-0.39, 0.29) is 18.1 Å². The molecule has 3 amide bonds. The first-order valence-corrected chi connectivity index (χ1v) is 11.4. The fourth-order valence-corrected chi connectivity index (χ4v) is 3.57. The van der Waals surface area contributed by atoms with Crippen LogP contribution in [0, 0.1) is 5.92 Å². The number of nitrogens with two attached hydrogens (primary N) is 1. The maximum atomic E-state index is 13.2. The number of hydrogen-bond donors (Lipinski definition) is 8. The number of amides is 3. The Hall–Kier alpha value is -3.09. The lowest BCUT2D eigenvalue weighted by atomic mass is 10.00. The smallest absolute Gasteiger partial charge is 0.327 e. The van der Waals surface area contributed by atoms with Crippen LogP contribution < -0.4 is 21.7 Å². The lowest BCUT2D eigenvalue weighted by Crippen LogP contribution is -2.59. The molecule has 11 nitrogen and oxygen atoms in total. The number of aliphatic carboxylic acids is 1. The summed E-state index contributed by atoms with van der Waals surface area (Å²) in [6, 6.07) is 2.80. The first-order chi connectivity index (χ1) is 16.1. The van der Waals surface area contributed by atoms with Gasteiger partial charge < -0.3 is 36.9 Å². The van der Waals surface area contributed by atoms with E-state index in [1.165, 1.54) is 0 Å². The zero-order valence-electron chi connectivity index (χ0n) is 18.9. The first-order valence-electron chi connectivity index (χ1n) is 10.7. The molecule has 12 heteroatoms. The van der Waals surface area contributed by atoms with Crippen LogP contribution in [0.4, 0.5) is 0 Å². The van der Waals surface area contributed by atoms with Gasteiger partial charge in [0.1, 0.15) is 24.2 Å². The van der Waals surface area contributed by atoms with Crippen molar-refractivity contribution in [1.82, 2.24) is 20.9 Å². The summed E-state index contributed by atoms with van der Waals surface area (Å²) in [6.07, 6.45) is 1.81. The quantitative estimate of drug-likeness (QED) is 0.177. The second kappa shape index (κ2) is 12.4. The van der Waals surface area contributed by atoms with Crippen LogP contribution in [0.5, 0.6) is 0 Å². The molecule has 4 unspecified atom stereocenters. The molecule has 34 heavy (non-hydrogen) atoms. The molecule has 0 fully saturated rings. The Morgan fingerprint density at radius 3 is 2.26 bits per heavy atom. The van der Waals surface area contributed by atoms with E-state index in [4.69, 9.17) is 5.73 Å². The molecular formula is C22H31N5O6S. The SMILES string of the molecule is CC(C)C(NC(=O)C(Cc1c[nH]c2ccccc12)NC(=O)C(N)CO)C(=O)NC(CS)C(=O)O.